The minimum atomic E-state index is 0.221. The van der Waals surface area contributed by atoms with Gasteiger partial charge in [-0.15, -0.1) is 0 Å². The Kier molecular flexibility index (Phi) is 3.69. The van der Waals surface area contributed by atoms with Crippen LogP contribution in [0.3, 0.4) is 0 Å². The van der Waals surface area contributed by atoms with Gasteiger partial charge in [0.2, 0.25) is 11.8 Å². The fraction of sp³-hybridized carbons (Fsp3) is 0.333. The van der Waals surface area contributed by atoms with E-state index in [-0.39, 0.29) is 5.95 Å². The molecule has 0 radical (unpaired) electrons. The predicted molar refractivity (Wildman–Crippen MR) is 76.5 cm³/mol. The highest BCUT2D eigenvalue weighted by molar-refractivity contribution is 5.41. The molecular weight excluding hydrogens is 238 g/mol. The Morgan fingerprint density at radius 1 is 1.16 bits per heavy atom. The van der Waals surface area contributed by atoms with Crippen LogP contribution in [0.5, 0.6) is 11.6 Å². The van der Waals surface area contributed by atoms with E-state index >= 15 is 0 Å². The molecule has 0 spiro atoms. The molecule has 0 amide bonds. The van der Waals surface area contributed by atoms with Crippen LogP contribution in [-0.4, -0.2) is 9.97 Å². The zero-order chi connectivity index (χ0) is 14.0. The van der Waals surface area contributed by atoms with Gasteiger partial charge in [0.05, 0.1) is 0 Å². The van der Waals surface area contributed by atoms with Gasteiger partial charge < -0.3 is 10.5 Å². The van der Waals surface area contributed by atoms with Crippen molar-refractivity contribution in [3.05, 3.63) is 41.1 Å². The van der Waals surface area contributed by atoms with Gasteiger partial charge in [-0.3, -0.25) is 0 Å². The van der Waals surface area contributed by atoms with Gasteiger partial charge in [0.15, 0.2) is 0 Å². The molecule has 19 heavy (non-hydrogen) atoms. The second kappa shape index (κ2) is 5.26. The summed E-state index contributed by atoms with van der Waals surface area (Å²) in [7, 11) is 0. The largest absolute Gasteiger partial charge is 0.438 e. The maximum atomic E-state index is 5.88. The Hall–Kier alpha value is -2.10. The number of rotatable bonds is 3. The highest BCUT2D eigenvalue weighted by Crippen LogP contribution is 2.29. The maximum Gasteiger partial charge on any atom is 0.226 e. The predicted octanol–water partition coefficient (Wildman–Crippen LogP) is 3.59. The van der Waals surface area contributed by atoms with Crippen molar-refractivity contribution >= 4 is 5.95 Å². The molecule has 2 rings (SSSR count). The van der Waals surface area contributed by atoms with Crippen LogP contribution in [0.4, 0.5) is 5.95 Å². The normalized spacial score (nSPS) is 10.8. The number of hydrogen-bond donors (Lipinski definition) is 1. The highest BCUT2D eigenvalue weighted by Gasteiger charge is 2.09. The van der Waals surface area contributed by atoms with Gasteiger partial charge in [0, 0.05) is 11.8 Å². The van der Waals surface area contributed by atoms with Crippen molar-refractivity contribution in [1.29, 1.82) is 0 Å². The lowest BCUT2D eigenvalue weighted by Crippen LogP contribution is -2.00. The van der Waals surface area contributed by atoms with E-state index in [2.05, 4.69) is 42.0 Å². The molecule has 0 fully saturated rings. The first kappa shape index (κ1) is 13.3. The summed E-state index contributed by atoms with van der Waals surface area (Å²) in [5, 5.41) is 0. The molecule has 4 nitrogen and oxygen atoms in total. The summed E-state index contributed by atoms with van der Waals surface area (Å²) in [4.78, 5) is 8.06. The first-order valence-electron chi connectivity index (χ1n) is 6.35. The fourth-order valence-corrected chi connectivity index (χ4v) is 1.73. The number of ether oxygens (including phenoxy) is 1. The average Bonchev–Trinajstić information content (AvgIpc) is 2.36. The van der Waals surface area contributed by atoms with Gasteiger partial charge in [0.1, 0.15) is 5.75 Å². The number of benzene rings is 1. The molecule has 100 valence electrons. The summed E-state index contributed by atoms with van der Waals surface area (Å²) in [6, 6.07) is 6.23. The second-order valence-corrected chi connectivity index (χ2v) is 5.00. The van der Waals surface area contributed by atoms with E-state index in [1.165, 1.54) is 5.56 Å². The molecule has 0 saturated carbocycles. The van der Waals surface area contributed by atoms with Crippen LogP contribution in [0.1, 0.15) is 36.5 Å². The molecule has 0 bridgehead atoms. The molecule has 1 heterocycles. The Labute approximate surface area is 113 Å². The van der Waals surface area contributed by atoms with Crippen molar-refractivity contribution in [2.45, 2.75) is 33.6 Å². The monoisotopic (exact) mass is 257 g/mol. The lowest BCUT2D eigenvalue weighted by molar-refractivity contribution is 0.454. The van der Waals surface area contributed by atoms with E-state index in [1.807, 2.05) is 13.8 Å². The zero-order valence-electron chi connectivity index (χ0n) is 11.8. The zero-order valence-corrected chi connectivity index (χ0v) is 11.8. The fourth-order valence-electron chi connectivity index (χ4n) is 1.73. The van der Waals surface area contributed by atoms with E-state index in [9.17, 15) is 0 Å². The molecule has 4 heteroatoms. The summed E-state index contributed by atoms with van der Waals surface area (Å²) < 4.78 is 5.88. The van der Waals surface area contributed by atoms with Crippen molar-refractivity contribution in [2.24, 2.45) is 0 Å². The summed E-state index contributed by atoms with van der Waals surface area (Å²) in [6.45, 7) is 8.22. The minimum Gasteiger partial charge on any atom is -0.438 e. The van der Waals surface area contributed by atoms with Gasteiger partial charge in [-0.05, 0) is 37.0 Å². The van der Waals surface area contributed by atoms with E-state index in [1.54, 1.807) is 6.20 Å². The maximum absolute atomic E-state index is 5.88. The topological polar surface area (TPSA) is 61.0 Å². The van der Waals surface area contributed by atoms with Crippen molar-refractivity contribution in [2.75, 3.05) is 5.73 Å². The first-order valence-corrected chi connectivity index (χ1v) is 6.35. The molecule has 2 N–H and O–H groups in total. The van der Waals surface area contributed by atoms with Crippen LogP contribution in [-0.2, 0) is 0 Å². The number of aromatic nitrogens is 2. The molecule has 0 unspecified atom stereocenters. The summed E-state index contributed by atoms with van der Waals surface area (Å²) >= 11 is 0. The van der Waals surface area contributed by atoms with Crippen LogP contribution in [0.2, 0.25) is 0 Å². The van der Waals surface area contributed by atoms with Crippen molar-refractivity contribution in [1.82, 2.24) is 9.97 Å². The highest BCUT2D eigenvalue weighted by atomic mass is 16.5. The third-order valence-electron chi connectivity index (χ3n) is 3.03. The lowest BCUT2D eigenvalue weighted by Gasteiger charge is -2.13. The van der Waals surface area contributed by atoms with E-state index in [0.717, 1.165) is 16.9 Å². The molecule has 1 aromatic carbocycles. The van der Waals surface area contributed by atoms with Gasteiger partial charge in [-0.25, -0.2) is 4.98 Å². The smallest absolute Gasteiger partial charge is 0.226 e. The third kappa shape index (κ3) is 3.02. The Bertz CT molecular complexity index is 594. The van der Waals surface area contributed by atoms with E-state index in [4.69, 9.17) is 10.5 Å². The third-order valence-corrected chi connectivity index (χ3v) is 3.03. The van der Waals surface area contributed by atoms with Gasteiger partial charge in [-0.1, -0.05) is 26.0 Å². The molecule has 0 aliphatic rings. The first-order chi connectivity index (χ1) is 8.97. The van der Waals surface area contributed by atoms with E-state index < -0.39 is 0 Å². The second-order valence-electron chi connectivity index (χ2n) is 5.00. The minimum absolute atomic E-state index is 0.221. The standard InChI is InChI=1S/C15H19N3O/c1-9(2)12-6-5-10(3)13(7-12)19-14-11(4)8-17-15(16)18-14/h5-9H,1-4H3,(H2,16,17,18). The van der Waals surface area contributed by atoms with Crippen LogP contribution in [0.25, 0.3) is 0 Å². The number of nitrogens with two attached hydrogens (primary N) is 1. The van der Waals surface area contributed by atoms with Crippen molar-refractivity contribution in [3.8, 4) is 11.6 Å². The van der Waals surface area contributed by atoms with Gasteiger partial charge in [-0.2, -0.15) is 4.98 Å². The molecule has 2 aromatic rings. The number of aryl methyl sites for hydroxylation is 2. The number of anilines is 1. The van der Waals surface area contributed by atoms with E-state index in [0.29, 0.717) is 11.8 Å². The summed E-state index contributed by atoms with van der Waals surface area (Å²) in [5.41, 5.74) is 8.77. The number of nitrogen functional groups attached to an aromatic ring is 1. The van der Waals surface area contributed by atoms with Crippen LogP contribution >= 0.6 is 0 Å². The van der Waals surface area contributed by atoms with Crippen LogP contribution in [0, 0.1) is 13.8 Å². The van der Waals surface area contributed by atoms with Crippen LogP contribution < -0.4 is 10.5 Å². The quantitative estimate of drug-likeness (QED) is 0.912. The van der Waals surface area contributed by atoms with Crippen molar-refractivity contribution in [3.63, 3.8) is 0 Å². The molecule has 0 atom stereocenters. The number of nitrogens with zero attached hydrogens (tertiary/aromatic N) is 2. The molecule has 1 aromatic heterocycles. The Morgan fingerprint density at radius 2 is 1.89 bits per heavy atom. The number of hydrogen-bond acceptors (Lipinski definition) is 4. The summed E-state index contributed by atoms with van der Waals surface area (Å²) in [6.07, 6.45) is 1.67. The molecule has 0 aliphatic heterocycles. The summed E-state index contributed by atoms with van der Waals surface area (Å²) in [5.74, 6) is 2.00. The molecule has 0 aliphatic carbocycles. The average molecular weight is 257 g/mol. The molecule has 0 saturated heterocycles. The Morgan fingerprint density at radius 3 is 2.58 bits per heavy atom. The van der Waals surface area contributed by atoms with Crippen LogP contribution in [0.15, 0.2) is 24.4 Å². The SMILES string of the molecule is Cc1ccc(C(C)C)cc1Oc1nc(N)ncc1C. The Balaban J connectivity index is 2.37. The van der Waals surface area contributed by atoms with Crippen molar-refractivity contribution < 1.29 is 4.74 Å². The van der Waals surface area contributed by atoms with Gasteiger partial charge >= 0.3 is 0 Å². The molecular formula is C15H19N3O. The lowest BCUT2D eigenvalue weighted by atomic mass is 10.0. The van der Waals surface area contributed by atoms with Gasteiger partial charge in [0.25, 0.3) is 0 Å².